The number of carbonyl (C=O) groups is 2. The van der Waals surface area contributed by atoms with Crippen LogP contribution in [0.4, 0.5) is 13.2 Å². The topological polar surface area (TPSA) is 58.6 Å². The second-order valence-corrected chi connectivity index (χ2v) is 6.58. The van der Waals surface area contributed by atoms with Gasteiger partial charge in [0.25, 0.3) is 5.91 Å². The maximum absolute atomic E-state index is 12.9. The van der Waals surface area contributed by atoms with E-state index in [1.165, 1.54) is 28.4 Å². The number of hydrogen-bond acceptors (Lipinski definition) is 4. The number of likely N-dealkylation sites (N-methyl/N-ethyl adjacent to an activating group) is 1. The fraction of sp³-hybridized carbons (Fsp3) is 0.333. The second-order valence-electron chi connectivity index (χ2n) is 5.55. The van der Waals surface area contributed by atoms with Crippen molar-refractivity contribution in [1.29, 1.82) is 0 Å². The molecule has 146 valence electrons. The van der Waals surface area contributed by atoms with Gasteiger partial charge in [-0.2, -0.15) is 13.2 Å². The van der Waals surface area contributed by atoms with E-state index in [4.69, 9.17) is 4.74 Å². The average molecular weight is 400 g/mol. The van der Waals surface area contributed by atoms with E-state index in [1.807, 2.05) is 17.5 Å². The summed E-state index contributed by atoms with van der Waals surface area (Å²) in [5, 5.41) is 4.58. The van der Waals surface area contributed by atoms with Crippen LogP contribution in [0.1, 0.15) is 17.4 Å². The van der Waals surface area contributed by atoms with Gasteiger partial charge in [-0.05, 0) is 30.5 Å². The van der Waals surface area contributed by atoms with Crippen molar-refractivity contribution in [1.82, 2.24) is 10.2 Å². The van der Waals surface area contributed by atoms with Crippen LogP contribution in [-0.2, 0) is 22.3 Å². The first kappa shape index (κ1) is 20.8. The Morgan fingerprint density at radius 1 is 1.19 bits per heavy atom. The van der Waals surface area contributed by atoms with Crippen molar-refractivity contribution in [3.8, 4) is 5.75 Å². The fourth-order valence-corrected chi connectivity index (χ4v) is 2.91. The van der Waals surface area contributed by atoms with Gasteiger partial charge in [0, 0.05) is 11.4 Å². The summed E-state index contributed by atoms with van der Waals surface area (Å²) in [4.78, 5) is 26.4. The van der Waals surface area contributed by atoms with Crippen molar-refractivity contribution < 1.29 is 27.5 Å². The van der Waals surface area contributed by atoms with Crippen LogP contribution in [0.2, 0.25) is 0 Å². The van der Waals surface area contributed by atoms with Crippen molar-refractivity contribution in [2.75, 3.05) is 19.7 Å². The predicted octanol–water partition coefficient (Wildman–Crippen LogP) is 3.31. The van der Waals surface area contributed by atoms with Crippen LogP contribution in [-0.4, -0.2) is 36.4 Å². The van der Waals surface area contributed by atoms with Crippen molar-refractivity contribution >= 4 is 23.2 Å². The van der Waals surface area contributed by atoms with Gasteiger partial charge in [-0.3, -0.25) is 9.59 Å². The smallest absolute Gasteiger partial charge is 0.419 e. The van der Waals surface area contributed by atoms with Crippen LogP contribution in [0.25, 0.3) is 0 Å². The summed E-state index contributed by atoms with van der Waals surface area (Å²) in [5.74, 6) is -1.34. The molecule has 2 aromatic rings. The van der Waals surface area contributed by atoms with Gasteiger partial charge in [0.05, 0.1) is 18.7 Å². The standard InChI is InChI=1S/C18H19F3N2O3S/c1-2-23(11-16(24)22-10-13-6-5-9-27-13)17(25)12-26-15-8-4-3-7-14(15)18(19,20)21/h3-9H,2,10-12H2,1H3,(H,22,24). The summed E-state index contributed by atoms with van der Waals surface area (Å²) in [5.41, 5.74) is -0.950. The number of benzene rings is 1. The Morgan fingerprint density at radius 2 is 1.93 bits per heavy atom. The lowest BCUT2D eigenvalue weighted by atomic mass is 10.2. The molecule has 2 rings (SSSR count). The van der Waals surface area contributed by atoms with Gasteiger partial charge >= 0.3 is 6.18 Å². The number of ether oxygens (including phenoxy) is 1. The molecule has 2 amide bonds. The van der Waals surface area contributed by atoms with E-state index in [-0.39, 0.29) is 19.0 Å². The molecule has 0 atom stereocenters. The van der Waals surface area contributed by atoms with Gasteiger partial charge in [0.15, 0.2) is 6.61 Å². The first-order chi connectivity index (χ1) is 12.8. The summed E-state index contributed by atoms with van der Waals surface area (Å²) in [6.07, 6.45) is -4.58. The summed E-state index contributed by atoms with van der Waals surface area (Å²) in [6.45, 7) is 1.49. The minimum Gasteiger partial charge on any atom is -0.483 e. The van der Waals surface area contributed by atoms with E-state index in [2.05, 4.69) is 5.32 Å². The molecule has 0 saturated heterocycles. The van der Waals surface area contributed by atoms with Gasteiger partial charge in [-0.15, -0.1) is 11.3 Å². The minimum atomic E-state index is -4.58. The Labute approximate surface area is 158 Å². The highest BCUT2D eigenvalue weighted by Crippen LogP contribution is 2.35. The predicted molar refractivity (Wildman–Crippen MR) is 95.4 cm³/mol. The number of halogens is 3. The van der Waals surface area contributed by atoms with E-state index in [0.717, 1.165) is 17.0 Å². The number of amides is 2. The monoisotopic (exact) mass is 400 g/mol. The van der Waals surface area contributed by atoms with Crippen molar-refractivity contribution in [3.63, 3.8) is 0 Å². The van der Waals surface area contributed by atoms with Crippen LogP contribution in [0, 0.1) is 0 Å². The molecule has 0 radical (unpaired) electrons. The summed E-state index contributed by atoms with van der Waals surface area (Å²) >= 11 is 1.50. The van der Waals surface area contributed by atoms with E-state index in [0.29, 0.717) is 6.54 Å². The van der Waals surface area contributed by atoms with Gasteiger partial charge < -0.3 is 15.0 Å². The molecule has 0 bridgehead atoms. The molecule has 0 aliphatic heterocycles. The van der Waals surface area contributed by atoms with Crippen molar-refractivity contribution in [3.05, 3.63) is 52.2 Å². The number of alkyl halides is 3. The van der Waals surface area contributed by atoms with Crippen LogP contribution in [0.3, 0.4) is 0 Å². The lowest BCUT2D eigenvalue weighted by Gasteiger charge is -2.21. The largest absolute Gasteiger partial charge is 0.483 e. The third kappa shape index (κ3) is 6.28. The first-order valence-corrected chi connectivity index (χ1v) is 9.05. The first-order valence-electron chi connectivity index (χ1n) is 8.17. The van der Waals surface area contributed by atoms with E-state index >= 15 is 0 Å². The van der Waals surface area contributed by atoms with Gasteiger partial charge in [0.2, 0.25) is 5.91 Å². The molecule has 1 aromatic heterocycles. The Balaban J connectivity index is 1.89. The Hall–Kier alpha value is -2.55. The summed E-state index contributed by atoms with van der Waals surface area (Å²) in [6, 6.07) is 8.41. The molecule has 0 fully saturated rings. The van der Waals surface area contributed by atoms with Crippen molar-refractivity contribution in [2.45, 2.75) is 19.6 Å². The molecule has 1 aromatic carbocycles. The molecule has 0 unspecified atom stereocenters. The molecular formula is C18H19F3N2O3S. The molecule has 0 saturated carbocycles. The number of thiophene rings is 1. The van der Waals surface area contributed by atoms with E-state index < -0.39 is 30.0 Å². The maximum atomic E-state index is 12.9. The SMILES string of the molecule is CCN(CC(=O)NCc1cccs1)C(=O)COc1ccccc1C(F)(F)F. The number of nitrogens with one attached hydrogen (secondary N) is 1. The minimum absolute atomic E-state index is 0.189. The molecule has 0 aliphatic carbocycles. The number of carbonyl (C=O) groups excluding carboxylic acids is 2. The lowest BCUT2D eigenvalue weighted by molar-refractivity contribution is -0.141. The second kappa shape index (κ2) is 9.40. The van der Waals surface area contributed by atoms with Gasteiger partial charge in [-0.25, -0.2) is 0 Å². The molecule has 0 aliphatic rings. The van der Waals surface area contributed by atoms with E-state index in [1.54, 1.807) is 6.92 Å². The quantitative estimate of drug-likeness (QED) is 0.740. The van der Waals surface area contributed by atoms with Crippen LogP contribution < -0.4 is 10.1 Å². The number of para-hydroxylation sites is 1. The zero-order valence-corrected chi connectivity index (χ0v) is 15.4. The van der Waals surface area contributed by atoms with Crippen LogP contribution in [0.15, 0.2) is 41.8 Å². The molecule has 9 heteroatoms. The maximum Gasteiger partial charge on any atom is 0.419 e. The van der Waals surface area contributed by atoms with Crippen molar-refractivity contribution in [2.24, 2.45) is 0 Å². The molecular weight excluding hydrogens is 381 g/mol. The lowest BCUT2D eigenvalue weighted by Crippen LogP contribution is -2.42. The highest BCUT2D eigenvalue weighted by atomic mass is 32.1. The number of hydrogen-bond donors (Lipinski definition) is 1. The highest BCUT2D eigenvalue weighted by Gasteiger charge is 2.34. The summed E-state index contributed by atoms with van der Waals surface area (Å²) in [7, 11) is 0. The Kier molecular flexibility index (Phi) is 7.23. The fourth-order valence-electron chi connectivity index (χ4n) is 2.26. The normalized spacial score (nSPS) is 11.1. The third-order valence-electron chi connectivity index (χ3n) is 3.65. The zero-order chi connectivity index (χ0) is 19.9. The molecule has 27 heavy (non-hydrogen) atoms. The van der Waals surface area contributed by atoms with E-state index in [9.17, 15) is 22.8 Å². The van der Waals surface area contributed by atoms with Crippen LogP contribution in [0.5, 0.6) is 5.75 Å². The third-order valence-corrected chi connectivity index (χ3v) is 4.53. The Morgan fingerprint density at radius 3 is 2.56 bits per heavy atom. The molecule has 1 N–H and O–H groups in total. The zero-order valence-electron chi connectivity index (χ0n) is 14.6. The summed E-state index contributed by atoms with van der Waals surface area (Å²) < 4.78 is 43.9. The number of rotatable bonds is 8. The van der Waals surface area contributed by atoms with Crippen LogP contribution >= 0.6 is 11.3 Å². The van der Waals surface area contributed by atoms with Gasteiger partial charge in [0.1, 0.15) is 5.75 Å². The highest BCUT2D eigenvalue weighted by molar-refractivity contribution is 7.09. The molecule has 5 nitrogen and oxygen atoms in total. The Bertz CT molecular complexity index is 763. The number of nitrogens with zero attached hydrogens (tertiary/aromatic N) is 1. The van der Waals surface area contributed by atoms with Gasteiger partial charge in [-0.1, -0.05) is 18.2 Å². The molecule has 1 heterocycles. The average Bonchev–Trinajstić information content (AvgIpc) is 3.15. The molecule has 0 spiro atoms.